The Kier molecular flexibility index (Phi) is 6.93. The number of ether oxygens (including phenoxy) is 1. The van der Waals surface area contributed by atoms with Gasteiger partial charge in [0.1, 0.15) is 0 Å². The van der Waals surface area contributed by atoms with Crippen LogP contribution in [0.15, 0.2) is 40.0 Å². The van der Waals surface area contributed by atoms with E-state index in [4.69, 9.17) is 20.8 Å². The van der Waals surface area contributed by atoms with Crippen molar-refractivity contribution < 1.29 is 13.9 Å². The lowest BCUT2D eigenvalue weighted by molar-refractivity contribution is 0.102. The predicted octanol–water partition coefficient (Wildman–Crippen LogP) is 4.82. The van der Waals surface area contributed by atoms with Crippen LogP contribution in [0.1, 0.15) is 28.2 Å². The van der Waals surface area contributed by atoms with Crippen molar-refractivity contribution in [1.29, 1.82) is 0 Å². The number of halogens is 1. The summed E-state index contributed by atoms with van der Waals surface area (Å²) in [5.41, 5.74) is 3.57. The molecule has 6 nitrogen and oxygen atoms in total. The first-order valence-electron chi connectivity index (χ1n) is 8.90. The Balaban J connectivity index is 1.63. The van der Waals surface area contributed by atoms with Gasteiger partial charge in [-0.05, 0) is 50.6 Å². The molecule has 1 aromatic carbocycles. The van der Waals surface area contributed by atoms with Gasteiger partial charge in [-0.15, -0.1) is 10.2 Å². The fraction of sp³-hybridized carbons (Fsp3) is 0.350. The zero-order chi connectivity index (χ0) is 20.1. The second-order valence-electron chi connectivity index (χ2n) is 6.37. The minimum atomic E-state index is 0.0438. The Morgan fingerprint density at radius 3 is 2.71 bits per heavy atom. The van der Waals surface area contributed by atoms with E-state index in [1.54, 1.807) is 19.2 Å². The molecule has 0 amide bonds. The molecule has 0 radical (unpaired) electrons. The van der Waals surface area contributed by atoms with Gasteiger partial charge in [0, 0.05) is 47.8 Å². The molecule has 28 heavy (non-hydrogen) atoms. The molecule has 0 unspecified atom stereocenters. The van der Waals surface area contributed by atoms with E-state index in [2.05, 4.69) is 14.8 Å². The number of benzene rings is 1. The van der Waals surface area contributed by atoms with Crippen LogP contribution >= 0.6 is 23.4 Å². The molecule has 0 atom stereocenters. The SMILES string of the molecule is COCCCn1c(C)cc(C(=O)CSc2nnc(-c3ccc(Cl)cc3)o2)c1C. The average molecular weight is 420 g/mol. The average Bonchev–Trinajstić information content (AvgIpc) is 3.26. The number of carbonyl (C=O) groups excluding carboxylic acids is 1. The summed E-state index contributed by atoms with van der Waals surface area (Å²) in [6, 6.07) is 9.10. The minimum absolute atomic E-state index is 0.0438. The number of methoxy groups -OCH3 is 1. The van der Waals surface area contributed by atoms with Crippen molar-refractivity contribution in [3.8, 4) is 11.5 Å². The van der Waals surface area contributed by atoms with Crippen LogP contribution in [0.3, 0.4) is 0 Å². The Labute approximate surface area is 173 Å². The fourth-order valence-electron chi connectivity index (χ4n) is 2.98. The molecule has 0 aliphatic carbocycles. The summed E-state index contributed by atoms with van der Waals surface area (Å²) in [7, 11) is 1.69. The lowest BCUT2D eigenvalue weighted by atomic mass is 10.2. The standard InChI is InChI=1S/C20H22ClN3O3S/c1-13-11-17(14(2)24(13)9-4-10-26-3)18(25)12-28-20-23-22-19(27-20)15-5-7-16(21)8-6-15/h5-8,11H,4,9-10,12H2,1-3H3. The van der Waals surface area contributed by atoms with Crippen LogP contribution in [-0.4, -0.2) is 40.0 Å². The van der Waals surface area contributed by atoms with Crippen LogP contribution in [0.25, 0.3) is 11.5 Å². The second-order valence-corrected chi connectivity index (χ2v) is 7.74. The molecule has 0 spiro atoms. The molecular formula is C20H22ClN3O3S. The summed E-state index contributed by atoms with van der Waals surface area (Å²) >= 11 is 7.13. The molecule has 0 saturated heterocycles. The Bertz CT molecular complexity index is 950. The molecule has 0 fully saturated rings. The zero-order valence-electron chi connectivity index (χ0n) is 16.1. The van der Waals surface area contributed by atoms with Crippen molar-refractivity contribution in [3.05, 3.63) is 52.3 Å². The fourth-order valence-corrected chi connectivity index (χ4v) is 3.75. The van der Waals surface area contributed by atoms with E-state index in [1.807, 2.05) is 32.0 Å². The number of nitrogens with zero attached hydrogens (tertiary/aromatic N) is 3. The van der Waals surface area contributed by atoms with Gasteiger partial charge in [-0.3, -0.25) is 4.79 Å². The number of hydrogen-bond donors (Lipinski definition) is 0. The highest BCUT2D eigenvalue weighted by molar-refractivity contribution is 7.99. The van der Waals surface area contributed by atoms with Gasteiger partial charge in [0.15, 0.2) is 5.78 Å². The molecule has 0 aliphatic heterocycles. The summed E-state index contributed by atoms with van der Waals surface area (Å²) in [6.45, 7) is 5.52. The third-order valence-corrected chi connectivity index (χ3v) is 5.50. The maximum Gasteiger partial charge on any atom is 0.277 e. The number of aryl methyl sites for hydroxylation is 1. The van der Waals surface area contributed by atoms with Gasteiger partial charge in [-0.25, -0.2) is 0 Å². The van der Waals surface area contributed by atoms with Crippen molar-refractivity contribution in [2.24, 2.45) is 0 Å². The Morgan fingerprint density at radius 1 is 1.25 bits per heavy atom. The lowest BCUT2D eigenvalue weighted by Gasteiger charge is -2.09. The first-order chi connectivity index (χ1) is 13.5. The van der Waals surface area contributed by atoms with E-state index < -0.39 is 0 Å². The molecule has 148 valence electrons. The molecule has 2 aromatic heterocycles. The van der Waals surface area contributed by atoms with Crippen LogP contribution in [0.4, 0.5) is 0 Å². The maximum atomic E-state index is 12.7. The Morgan fingerprint density at radius 2 is 2.00 bits per heavy atom. The third-order valence-electron chi connectivity index (χ3n) is 4.43. The number of hydrogen-bond acceptors (Lipinski definition) is 6. The lowest BCUT2D eigenvalue weighted by Crippen LogP contribution is -2.08. The van der Waals surface area contributed by atoms with Gasteiger partial charge in [-0.2, -0.15) is 0 Å². The van der Waals surface area contributed by atoms with Gasteiger partial charge in [0.2, 0.25) is 5.89 Å². The molecule has 0 bridgehead atoms. The van der Waals surface area contributed by atoms with E-state index in [-0.39, 0.29) is 11.5 Å². The van der Waals surface area contributed by atoms with E-state index in [1.165, 1.54) is 11.8 Å². The number of thioether (sulfide) groups is 1. The molecule has 2 heterocycles. The van der Waals surface area contributed by atoms with Gasteiger partial charge >= 0.3 is 0 Å². The number of ketones is 1. The largest absolute Gasteiger partial charge is 0.411 e. The van der Waals surface area contributed by atoms with Gasteiger partial charge in [-0.1, -0.05) is 23.4 Å². The summed E-state index contributed by atoms with van der Waals surface area (Å²) in [5, 5.41) is 9.06. The van der Waals surface area contributed by atoms with E-state index in [0.717, 1.165) is 35.5 Å². The topological polar surface area (TPSA) is 70.2 Å². The molecule has 0 aliphatic rings. The van der Waals surface area contributed by atoms with Crippen LogP contribution in [0, 0.1) is 13.8 Å². The molecule has 8 heteroatoms. The molecule has 3 aromatic rings. The molecular weight excluding hydrogens is 398 g/mol. The van der Waals surface area contributed by atoms with Crippen molar-refractivity contribution in [2.75, 3.05) is 19.5 Å². The van der Waals surface area contributed by atoms with Crippen LogP contribution in [-0.2, 0) is 11.3 Å². The van der Waals surface area contributed by atoms with Gasteiger partial charge < -0.3 is 13.7 Å². The van der Waals surface area contributed by atoms with Crippen LogP contribution in [0.5, 0.6) is 0 Å². The van der Waals surface area contributed by atoms with E-state index >= 15 is 0 Å². The number of carbonyl (C=O) groups is 1. The molecule has 0 N–H and O–H groups in total. The number of Topliss-reactive ketones (excluding diaryl/α,β-unsaturated/α-hetero) is 1. The summed E-state index contributed by atoms with van der Waals surface area (Å²) in [6.07, 6.45) is 0.907. The highest BCUT2D eigenvalue weighted by atomic mass is 35.5. The summed E-state index contributed by atoms with van der Waals surface area (Å²) < 4.78 is 12.9. The van der Waals surface area contributed by atoms with E-state index in [9.17, 15) is 4.79 Å². The van der Waals surface area contributed by atoms with Crippen molar-refractivity contribution in [3.63, 3.8) is 0 Å². The van der Waals surface area contributed by atoms with Crippen LogP contribution < -0.4 is 0 Å². The predicted molar refractivity (Wildman–Crippen MR) is 110 cm³/mol. The van der Waals surface area contributed by atoms with Crippen molar-refractivity contribution in [2.45, 2.75) is 32.0 Å². The normalized spacial score (nSPS) is 11.1. The smallest absolute Gasteiger partial charge is 0.277 e. The highest BCUT2D eigenvalue weighted by Gasteiger charge is 2.17. The second kappa shape index (κ2) is 9.41. The number of aromatic nitrogens is 3. The van der Waals surface area contributed by atoms with Crippen molar-refractivity contribution >= 4 is 29.1 Å². The van der Waals surface area contributed by atoms with Crippen LogP contribution in [0.2, 0.25) is 5.02 Å². The van der Waals surface area contributed by atoms with Gasteiger partial charge in [0.05, 0.1) is 5.75 Å². The zero-order valence-corrected chi connectivity index (χ0v) is 17.6. The molecule has 0 saturated carbocycles. The quantitative estimate of drug-likeness (QED) is 0.281. The maximum absolute atomic E-state index is 12.7. The molecule has 3 rings (SSSR count). The first-order valence-corrected chi connectivity index (χ1v) is 10.3. The first kappa shape index (κ1) is 20.6. The van der Waals surface area contributed by atoms with Crippen molar-refractivity contribution in [1.82, 2.24) is 14.8 Å². The number of rotatable bonds is 9. The van der Waals surface area contributed by atoms with E-state index in [0.29, 0.717) is 22.7 Å². The third kappa shape index (κ3) is 4.84. The highest BCUT2D eigenvalue weighted by Crippen LogP contribution is 2.25. The minimum Gasteiger partial charge on any atom is -0.411 e. The summed E-state index contributed by atoms with van der Waals surface area (Å²) in [5.74, 6) is 0.690. The monoisotopic (exact) mass is 419 g/mol. The van der Waals surface area contributed by atoms with Gasteiger partial charge in [0.25, 0.3) is 5.22 Å². The summed E-state index contributed by atoms with van der Waals surface area (Å²) in [4.78, 5) is 12.7. The Hall–Kier alpha value is -2.09.